The van der Waals surface area contributed by atoms with Crippen LogP contribution in [0.5, 0.6) is 5.75 Å². The number of carbonyl (C=O) groups is 1. The molecule has 0 aliphatic carbocycles. The van der Waals surface area contributed by atoms with Gasteiger partial charge >= 0.3 is 0 Å². The topological polar surface area (TPSA) is 50.8 Å². The molecule has 1 unspecified atom stereocenters. The van der Waals surface area contributed by atoms with Gasteiger partial charge in [0.1, 0.15) is 11.6 Å². The van der Waals surface area contributed by atoms with Crippen LogP contribution in [0, 0.1) is 5.82 Å². The van der Waals surface area contributed by atoms with Crippen LogP contribution in [0.4, 0.5) is 4.39 Å². The lowest BCUT2D eigenvalue weighted by molar-refractivity contribution is 0.0634. The Bertz CT molecular complexity index is 751. The van der Waals surface area contributed by atoms with Crippen LogP contribution in [0.1, 0.15) is 28.4 Å². The molecule has 144 valence electrons. The molecular formula is C21H25FN2O3. The van der Waals surface area contributed by atoms with Crippen molar-refractivity contribution in [2.75, 3.05) is 40.0 Å². The number of ether oxygens (including phenoxy) is 2. The molecule has 1 fully saturated rings. The first-order valence-electron chi connectivity index (χ1n) is 9.18. The molecule has 1 atom stereocenters. The Morgan fingerprint density at radius 3 is 2.78 bits per heavy atom. The van der Waals surface area contributed by atoms with Crippen LogP contribution in [0.2, 0.25) is 0 Å². The molecule has 1 aliphatic heterocycles. The Morgan fingerprint density at radius 2 is 2.04 bits per heavy atom. The number of piperazine rings is 1. The number of carbonyl (C=O) groups excluding carboxylic acids is 1. The number of benzene rings is 2. The maximum absolute atomic E-state index is 13.6. The quantitative estimate of drug-likeness (QED) is 0.759. The number of nitrogens with one attached hydrogen (secondary N) is 1. The second kappa shape index (κ2) is 9.48. The minimum Gasteiger partial charge on any atom is -0.494 e. The van der Waals surface area contributed by atoms with Gasteiger partial charge in [0.15, 0.2) is 0 Å². The molecule has 0 saturated carbocycles. The number of rotatable bonds is 7. The fourth-order valence-corrected chi connectivity index (χ4v) is 3.21. The predicted octanol–water partition coefficient (Wildman–Crippen LogP) is 3.03. The van der Waals surface area contributed by atoms with E-state index in [2.05, 4.69) is 5.32 Å². The summed E-state index contributed by atoms with van der Waals surface area (Å²) in [5.41, 5.74) is 1.40. The lowest BCUT2D eigenvalue weighted by atomic mass is 10.0. The Balaban J connectivity index is 1.69. The van der Waals surface area contributed by atoms with Crippen molar-refractivity contribution in [1.29, 1.82) is 0 Å². The van der Waals surface area contributed by atoms with Gasteiger partial charge in [0.2, 0.25) is 0 Å². The van der Waals surface area contributed by atoms with Crippen molar-refractivity contribution >= 4 is 5.91 Å². The average Bonchev–Trinajstić information content (AvgIpc) is 2.71. The summed E-state index contributed by atoms with van der Waals surface area (Å²) in [5, 5.41) is 3.29. The van der Waals surface area contributed by atoms with Gasteiger partial charge in [-0.1, -0.05) is 12.1 Å². The van der Waals surface area contributed by atoms with Gasteiger partial charge in [-0.05, 0) is 42.0 Å². The third-order valence-corrected chi connectivity index (χ3v) is 4.60. The van der Waals surface area contributed by atoms with Gasteiger partial charge in [0.25, 0.3) is 5.91 Å². The lowest BCUT2D eigenvalue weighted by Crippen LogP contribution is -2.48. The van der Waals surface area contributed by atoms with Crippen LogP contribution in [-0.2, 0) is 4.74 Å². The van der Waals surface area contributed by atoms with Crippen LogP contribution in [0.15, 0.2) is 48.5 Å². The molecule has 0 spiro atoms. The zero-order valence-corrected chi connectivity index (χ0v) is 15.5. The maximum Gasteiger partial charge on any atom is 0.254 e. The molecule has 0 radical (unpaired) electrons. The van der Waals surface area contributed by atoms with Gasteiger partial charge in [-0.3, -0.25) is 4.79 Å². The summed E-state index contributed by atoms with van der Waals surface area (Å²) in [6.07, 6.45) is 0.813. The molecule has 1 saturated heterocycles. The van der Waals surface area contributed by atoms with E-state index in [1.54, 1.807) is 42.3 Å². The average molecular weight is 372 g/mol. The summed E-state index contributed by atoms with van der Waals surface area (Å²) in [7, 11) is 1.66. The Kier molecular flexibility index (Phi) is 6.79. The molecule has 2 aromatic carbocycles. The van der Waals surface area contributed by atoms with Crippen molar-refractivity contribution in [3.8, 4) is 5.75 Å². The van der Waals surface area contributed by atoms with Gasteiger partial charge in [-0.2, -0.15) is 0 Å². The summed E-state index contributed by atoms with van der Waals surface area (Å²) in [6.45, 7) is 3.13. The molecule has 3 rings (SSSR count). The van der Waals surface area contributed by atoms with Crippen molar-refractivity contribution in [3.63, 3.8) is 0 Å². The molecule has 0 aromatic heterocycles. The molecule has 2 aromatic rings. The highest BCUT2D eigenvalue weighted by Gasteiger charge is 2.28. The van der Waals surface area contributed by atoms with E-state index >= 15 is 0 Å². The van der Waals surface area contributed by atoms with Crippen LogP contribution < -0.4 is 10.1 Å². The number of amides is 1. The number of halogens is 1. The number of methoxy groups -OCH3 is 1. The summed E-state index contributed by atoms with van der Waals surface area (Å²) in [4.78, 5) is 14.8. The SMILES string of the molecule is COCCCOc1ccc(C(=O)N2CCNCC2c2cccc(F)c2)cc1. The second-order valence-electron chi connectivity index (χ2n) is 6.49. The Hall–Kier alpha value is -2.44. The van der Waals surface area contributed by atoms with Gasteiger partial charge in [-0.15, -0.1) is 0 Å². The molecule has 1 amide bonds. The van der Waals surface area contributed by atoms with E-state index in [9.17, 15) is 9.18 Å². The van der Waals surface area contributed by atoms with Gasteiger partial charge in [-0.25, -0.2) is 4.39 Å². The van der Waals surface area contributed by atoms with Crippen LogP contribution in [0.3, 0.4) is 0 Å². The summed E-state index contributed by atoms with van der Waals surface area (Å²) >= 11 is 0. The van der Waals surface area contributed by atoms with Crippen molar-refractivity contribution in [2.45, 2.75) is 12.5 Å². The van der Waals surface area contributed by atoms with Crippen LogP contribution in [0.25, 0.3) is 0 Å². The number of nitrogens with zero attached hydrogens (tertiary/aromatic N) is 1. The van der Waals surface area contributed by atoms with Crippen molar-refractivity contribution < 1.29 is 18.7 Å². The fourth-order valence-electron chi connectivity index (χ4n) is 3.21. The van der Waals surface area contributed by atoms with E-state index < -0.39 is 0 Å². The molecule has 1 aliphatic rings. The van der Waals surface area contributed by atoms with E-state index in [1.165, 1.54) is 12.1 Å². The summed E-state index contributed by atoms with van der Waals surface area (Å²) in [6, 6.07) is 13.4. The monoisotopic (exact) mass is 372 g/mol. The van der Waals surface area contributed by atoms with E-state index in [-0.39, 0.29) is 17.8 Å². The number of hydrogen-bond donors (Lipinski definition) is 1. The van der Waals surface area contributed by atoms with Crippen molar-refractivity contribution in [3.05, 3.63) is 65.5 Å². The standard InChI is InChI=1S/C21H25FN2O3/c1-26-12-3-13-27-19-8-6-16(7-9-19)21(25)24-11-10-23-15-20(24)17-4-2-5-18(22)14-17/h2,4-9,14,20,23H,3,10-13,15H2,1H3. The highest BCUT2D eigenvalue weighted by atomic mass is 19.1. The zero-order valence-electron chi connectivity index (χ0n) is 15.5. The largest absolute Gasteiger partial charge is 0.494 e. The van der Waals surface area contributed by atoms with Gasteiger partial charge < -0.3 is 19.7 Å². The minimum atomic E-state index is -0.291. The normalized spacial score (nSPS) is 17.0. The highest BCUT2D eigenvalue weighted by Crippen LogP contribution is 2.25. The fraction of sp³-hybridized carbons (Fsp3) is 0.381. The number of hydrogen-bond acceptors (Lipinski definition) is 4. The zero-order chi connectivity index (χ0) is 19.1. The van der Waals surface area contributed by atoms with Crippen LogP contribution >= 0.6 is 0 Å². The van der Waals surface area contributed by atoms with Gasteiger partial charge in [0.05, 0.1) is 12.6 Å². The highest BCUT2D eigenvalue weighted by molar-refractivity contribution is 5.94. The van der Waals surface area contributed by atoms with Gasteiger partial charge in [0, 0.05) is 45.3 Å². The first kappa shape index (κ1) is 19.3. The second-order valence-corrected chi connectivity index (χ2v) is 6.49. The third-order valence-electron chi connectivity index (χ3n) is 4.60. The summed E-state index contributed by atoms with van der Waals surface area (Å²) < 4.78 is 24.3. The molecular weight excluding hydrogens is 347 g/mol. The van der Waals surface area contributed by atoms with E-state index in [1.807, 2.05) is 6.07 Å². The Labute approximate surface area is 159 Å². The molecule has 1 heterocycles. The third kappa shape index (κ3) is 5.05. The van der Waals surface area contributed by atoms with Crippen molar-refractivity contribution in [2.24, 2.45) is 0 Å². The van der Waals surface area contributed by atoms with Crippen molar-refractivity contribution in [1.82, 2.24) is 10.2 Å². The molecule has 5 nitrogen and oxygen atoms in total. The van der Waals surface area contributed by atoms with E-state index in [0.29, 0.717) is 31.9 Å². The Morgan fingerprint density at radius 1 is 1.22 bits per heavy atom. The first-order valence-corrected chi connectivity index (χ1v) is 9.18. The maximum atomic E-state index is 13.6. The molecule has 1 N–H and O–H groups in total. The predicted molar refractivity (Wildman–Crippen MR) is 101 cm³/mol. The van der Waals surface area contributed by atoms with E-state index in [0.717, 1.165) is 24.3 Å². The first-order chi connectivity index (χ1) is 13.2. The molecule has 6 heteroatoms. The minimum absolute atomic E-state index is 0.0586. The lowest BCUT2D eigenvalue weighted by Gasteiger charge is -2.36. The molecule has 0 bridgehead atoms. The molecule has 27 heavy (non-hydrogen) atoms. The van der Waals surface area contributed by atoms with E-state index in [4.69, 9.17) is 9.47 Å². The van der Waals surface area contributed by atoms with Crippen LogP contribution in [-0.4, -0.2) is 50.8 Å². The summed E-state index contributed by atoms with van der Waals surface area (Å²) in [5.74, 6) is 0.377. The smallest absolute Gasteiger partial charge is 0.254 e.